The fraction of sp³-hybridized carbons (Fsp3) is 0.400. The molecule has 1 spiro atoms. The Morgan fingerprint density at radius 1 is 1.31 bits per heavy atom. The van der Waals surface area contributed by atoms with Gasteiger partial charge in [0.05, 0.1) is 22.1 Å². The second-order valence-electron chi connectivity index (χ2n) is 9.69. The number of carboxylic acid groups (broad SMARTS) is 1. The van der Waals surface area contributed by atoms with Crippen LogP contribution in [0.15, 0.2) is 35.4 Å². The summed E-state index contributed by atoms with van der Waals surface area (Å²) in [5, 5.41) is 12.8. The smallest absolute Gasteiger partial charge is 0.341 e. The highest BCUT2D eigenvalue weighted by Gasteiger charge is 2.43. The van der Waals surface area contributed by atoms with E-state index in [1.807, 2.05) is 22.8 Å². The summed E-state index contributed by atoms with van der Waals surface area (Å²) in [5.74, 6) is -1.08. The van der Waals surface area contributed by atoms with Crippen molar-refractivity contribution in [2.75, 3.05) is 35.6 Å². The molecule has 9 nitrogen and oxygen atoms in total. The number of aromatic carboxylic acids is 1. The summed E-state index contributed by atoms with van der Waals surface area (Å²) >= 11 is 0. The molecule has 3 aromatic rings. The minimum Gasteiger partial charge on any atom is -0.487 e. The van der Waals surface area contributed by atoms with Crippen molar-refractivity contribution < 1.29 is 19.0 Å². The van der Waals surface area contributed by atoms with E-state index in [4.69, 9.17) is 10.5 Å². The highest BCUT2D eigenvalue weighted by molar-refractivity contribution is 6.03. The van der Waals surface area contributed by atoms with Crippen LogP contribution in [0.25, 0.3) is 10.9 Å². The first-order chi connectivity index (χ1) is 16.9. The van der Waals surface area contributed by atoms with Gasteiger partial charge in [-0.1, -0.05) is 18.9 Å². The molecule has 182 valence electrons. The Kier molecular flexibility index (Phi) is 4.87. The van der Waals surface area contributed by atoms with Gasteiger partial charge in [-0.3, -0.25) is 4.79 Å². The molecule has 4 heterocycles. The van der Waals surface area contributed by atoms with Crippen molar-refractivity contribution in [3.05, 3.63) is 52.2 Å². The molecule has 2 aromatic heterocycles. The van der Waals surface area contributed by atoms with Gasteiger partial charge in [0.2, 0.25) is 5.43 Å². The molecule has 1 aromatic carbocycles. The molecule has 2 fully saturated rings. The molecule has 6 rings (SSSR count). The first kappa shape index (κ1) is 21.7. The first-order valence-corrected chi connectivity index (χ1v) is 11.9. The molecule has 0 radical (unpaired) electrons. The standard InChI is InChI=1S/C25H26FN5O4/c26-18-19(27)17-21-23(20(18)29-14-6-10-30(11-14)16-5-1-4-9-28-16)35-13-25(7-2-3-8-25)31(21)12-15(22(17)32)24(33)34/h1,4-5,9,12,14,29H,2-3,6-8,10-11,13,27H2,(H,33,34). The van der Waals surface area contributed by atoms with E-state index < -0.39 is 28.3 Å². The second-order valence-corrected chi connectivity index (χ2v) is 9.69. The van der Waals surface area contributed by atoms with Crippen LogP contribution >= 0.6 is 0 Å². The molecule has 0 bridgehead atoms. The van der Waals surface area contributed by atoms with Gasteiger partial charge in [-0.25, -0.2) is 14.2 Å². The van der Waals surface area contributed by atoms with Crippen LogP contribution in [0.1, 0.15) is 42.5 Å². The third-order valence-corrected chi connectivity index (χ3v) is 7.65. The molecular weight excluding hydrogens is 453 g/mol. The molecule has 1 atom stereocenters. The Hall–Kier alpha value is -3.82. The highest BCUT2D eigenvalue weighted by atomic mass is 19.1. The minimum absolute atomic E-state index is 0.0935. The van der Waals surface area contributed by atoms with Crippen molar-refractivity contribution in [3.8, 4) is 5.75 Å². The Morgan fingerprint density at radius 3 is 2.83 bits per heavy atom. The number of nitrogen functional groups attached to an aromatic ring is 1. The predicted molar refractivity (Wildman–Crippen MR) is 130 cm³/mol. The molecule has 35 heavy (non-hydrogen) atoms. The number of anilines is 3. The van der Waals surface area contributed by atoms with Crippen molar-refractivity contribution in [3.63, 3.8) is 0 Å². The van der Waals surface area contributed by atoms with Crippen molar-refractivity contribution in [2.45, 2.75) is 43.7 Å². The average Bonchev–Trinajstić information content (AvgIpc) is 3.52. The van der Waals surface area contributed by atoms with E-state index in [0.29, 0.717) is 12.1 Å². The number of carbonyl (C=O) groups is 1. The zero-order valence-electron chi connectivity index (χ0n) is 19.1. The predicted octanol–water partition coefficient (Wildman–Crippen LogP) is 3.17. The molecular formula is C25H26FN5O4. The Bertz CT molecular complexity index is 1400. The van der Waals surface area contributed by atoms with Crippen LogP contribution in [0.2, 0.25) is 0 Å². The van der Waals surface area contributed by atoms with Gasteiger partial charge in [0, 0.05) is 31.5 Å². The normalized spacial score (nSPS) is 20.4. The van der Waals surface area contributed by atoms with Crippen LogP contribution in [-0.2, 0) is 5.54 Å². The lowest BCUT2D eigenvalue weighted by Gasteiger charge is -2.39. The van der Waals surface area contributed by atoms with Crippen LogP contribution < -0.4 is 26.1 Å². The fourth-order valence-electron chi connectivity index (χ4n) is 5.87. The number of rotatable bonds is 4. The number of halogens is 1. The molecule has 1 aliphatic carbocycles. The number of nitrogens with one attached hydrogen (secondary N) is 1. The molecule has 10 heteroatoms. The topological polar surface area (TPSA) is 123 Å². The highest BCUT2D eigenvalue weighted by Crippen LogP contribution is 2.49. The van der Waals surface area contributed by atoms with E-state index in [2.05, 4.69) is 15.2 Å². The van der Waals surface area contributed by atoms with Crippen LogP contribution in [0.3, 0.4) is 0 Å². The van der Waals surface area contributed by atoms with Gasteiger partial charge >= 0.3 is 5.97 Å². The molecule has 4 N–H and O–H groups in total. The number of carboxylic acids is 1. The maximum Gasteiger partial charge on any atom is 0.341 e. The molecule has 1 saturated carbocycles. The summed E-state index contributed by atoms with van der Waals surface area (Å²) in [6, 6.07) is 5.62. The number of ether oxygens (including phenoxy) is 1. The zero-order chi connectivity index (χ0) is 24.3. The third-order valence-electron chi connectivity index (χ3n) is 7.65. The monoisotopic (exact) mass is 479 g/mol. The van der Waals surface area contributed by atoms with E-state index in [9.17, 15) is 14.7 Å². The molecule has 2 aliphatic heterocycles. The molecule has 1 unspecified atom stereocenters. The number of hydrogen-bond donors (Lipinski definition) is 3. The number of hydrogen-bond acceptors (Lipinski definition) is 7. The second kappa shape index (κ2) is 7.86. The number of nitrogens with zero attached hydrogens (tertiary/aromatic N) is 3. The number of nitrogens with two attached hydrogens (primary N) is 1. The van der Waals surface area contributed by atoms with Gasteiger partial charge < -0.3 is 30.4 Å². The molecule has 3 aliphatic rings. The summed E-state index contributed by atoms with van der Waals surface area (Å²) in [7, 11) is 0. The van der Waals surface area contributed by atoms with E-state index in [-0.39, 0.29) is 35.2 Å². The fourth-order valence-corrected chi connectivity index (χ4v) is 5.87. The third kappa shape index (κ3) is 3.23. The molecule has 0 amide bonds. The lowest BCUT2D eigenvalue weighted by atomic mass is 9.93. The maximum atomic E-state index is 15.7. The van der Waals surface area contributed by atoms with E-state index >= 15 is 4.39 Å². The van der Waals surface area contributed by atoms with Crippen LogP contribution in [0.5, 0.6) is 5.75 Å². The quantitative estimate of drug-likeness (QED) is 0.488. The van der Waals surface area contributed by atoms with Crippen molar-refractivity contribution >= 4 is 34.1 Å². The van der Waals surface area contributed by atoms with Crippen LogP contribution in [-0.4, -0.2) is 46.4 Å². The number of aromatic nitrogens is 2. The lowest BCUT2D eigenvalue weighted by molar-refractivity contribution is 0.0692. The van der Waals surface area contributed by atoms with Gasteiger partial charge in [0.15, 0.2) is 11.6 Å². The first-order valence-electron chi connectivity index (χ1n) is 11.9. The Morgan fingerprint density at radius 2 is 2.11 bits per heavy atom. The summed E-state index contributed by atoms with van der Waals surface area (Å²) in [6.45, 7) is 1.65. The van der Waals surface area contributed by atoms with Crippen molar-refractivity contribution in [2.24, 2.45) is 0 Å². The number of pyridine rings is 2. The number of benzene rings is 1. The van der Waals surface area contributed by atoms with Gasteiger partial charge in [-0.15, -0.1) is 0 Å². The largest absolute Gasteiger partial charge is 0.487 e. The van der Waals surface area contributed by atoms with Gasteiger partial charge in [0.25, 0.3) is 0 Å². The molecule has 1 saturated heterocycles. The summed E-state index contributed by atoms with van der Waals surface area (Å²) < 4.78 is 23.7. The van der Waals surface area contributed by atoms with E-state index in [1.54, 1.807) is 6.20 Å². The van der Waals surface area contributed by atoms with Crippen molar-refractivity contribution in [1.82, 2.24) is 9.55 Å². The van der Waals surface area contributed by atoms with Gasteiger partial charge in [0.1, 0.15) is 23.7 Å². The lowest BCUT2D eigenvalue weighted by Crippen LogP contribution is -2.42. The number of fused-ring (bicyclic) bond motifs is 1. The van der Waals surface area contributed by atoms with Crippen LogP contribution in [0.4, 0.5) is 21.6 Å². The zero-order valence-corrected chi connectivity index (χ0v) is 19.1. The van der Waals surface area contributed by atoms with E-state index in [1.165, 1.54) is 6.20 Å². The Balaban J connectivity index is 1.48. The van der Waals surface area contributed by atoms with Gasteiger partial charge in [-0.2, -0.15) is 0 Å². The van der Waals surface area contributed by atoms with E-state index in [0.717, 1.165) is 44.5 Å². The van der Waals surface area contributed by atoms with Crippen molar-refractivity contribution in [1.29, 1.82) is 0 Å². The summed E-state index contributed by atoms with van der Waals surface area (Å²) in [5.41, 5.74) is 4.63. The van der Waals surface area contributed by atoms with Gasteiger partial charge in [-0.05, 0) is 31.4 Å². The summed E-state index contributed by atoms with van der Waals surface area (Å²) in [4.78, 5) is 31.5. The minimum atomic E-state index is -1.36. The summed E-state index contributed by atoms with van der Waals surface area (Å²) in [6.07, 6.45) is 7.37. The average molecular weight is 480 g/mol. The maximum absolute atomic E-state index is 15.7. The van der Waals surface area contributed by atoms with Crippen LogP contribution in [0, 0.1) is 5.82 Å². The SMILES string of the molecule is Nc1c(F)c(NC2CCN(c3ccccn3)C2)c2c3c1c(=O)c(C(=O)O)cn3C1(CCCC1)CO2. The Labute approximate surface area is 200 Å².